The molecular formula is C21H31NO. The van der Waals surface area contributed by atoms with Crippen LogP contribution in [0.1, 0.15) is 76.7 Å². The standard InChI is InChI=1S/C21H31NO/c1-3-5-6-7-8-9-10-11-12-17-21(23)22-20-16-13-15-19(18-20)14-4-2/h13-16,18H,2-3,5-12,17H2,1H3,(H,22,23). The van der Waals surface area contributed by atoms with Crippen LogP contribution in [0.3, 0.4) is 0 Å². The average Bonchev–Trinajstić information content (AvgIpc) is 2.54. The first-order chi connectivity index (χ1) is 11.3. The molecule has 0 bridgehead atoms. The Morgan fingerprint density at radius 1 is 1.09 bits per heavy atom. The summed E-state index contributed by atoms with van der Waals surface area (Å²) in [5, 5.41) is 2.96. The zero-order chi connectivity index (χ0) is 16.8. The fourth-order valence-electron chi connectivity index (χ4n) is 2.64. The Hall–Kier alpha value is -1.79. The Kier molecular flexibility index (Phi) is 10.7. The first-order valence-corrected chi connectivity index (χ1v) is 9.02. The summed E-state index contributed by atoms with van der Waals surface area (Å²) in [6.07, 6.45) is 13.9. The van der Waals surface area contributed by atoms with Gasteiger partial charge >= 0.3 is 0 Å². The SMILES string of the molecule is C=C=Cc1cccc(NC(=O)CCCCCCCCCCC)c1. The number of benzene rings is 1. The van der Waals surface area contributed by atoms with Crippen LogP contribution in [-0.4, -0.2) is 5.91 Å². The van der Waals surface area contributed by atoms with E-state index in [0.29, 0.717) is 6.42 Å². The van der Waals surface area contributed by atoms with Crippen molar-refractivity contribution in [2.24, 2.45) is 0 Å². The van der Waals surface area contributed by atoms with Crippen molar-refractivity contribution in [1.82, 2.24) is 0 Å². The second kappa shape index (κ2) is 12.7. The first kappa shape index (κ1) is 19.3. The Morgan fingerprint density at radius 3 is 2.39 bits per heavy atom. The van der Waals surface area contributed by atoms with Crippen molar-refractivity contribution in [3.63, 3.8) is 0 Å². The molecule has 23 heavy (non-hydrogen) atoms. The van der Waals surface area contributed by atoms with Crippen molar-refractivity contribution in [2.75, 3.05) is 5.32 Å². The molecule has 0 heterocycles. The molecule has 2 nitrogen and oxygen atoms in total. The smallest absolute Gasteiger partial charge is 0.224 e. The Balaban J connectivity index is 2.10. The van der Waals surface area contributed by atoms with E-state index >= 15 is 0 Å². The maximum atomic E-state index is 11.9. The Morgan fingerprint density at radius 2 is 1.74 bits per heavy atom. The first-order valence-electron chi connectivity index (χ1n) is 9.02. The van der Waals surface area contributed by atoms with Crippen LogP contribution >= 0.6 is 0 Å². The Bertz CT molecular complexity index is 500. The van der Waals surface area contributed by atoms with E-state index in [0.717, 1.165) is 24.1 Å². The van der Waals surface area contributed by atoms with Crippen LogP contribution in [0.25, 0.3) is 6.08 Å². The molecule has 1 aromatic carbocycles. The second-order valence-corrected chi connectivity index (χ2v) is 6.10. The third-order valence-corrected chi connectivity index (χ3v) is 3.95. The van der Waals surface area contributed by atoms with Gasteiger partial charge in [-0.3, -0.25) is 4.79 Å². The lowest BCUT2D eigenvalue weighted by Crippen LogP contribution is -2.11. The van der Waals surface area contributed by atoms with Crippen molar-refractivity contribution in [1.29, 1.82) is 0 Å². The molecule has 0 aliphatic heterocycles. The molecule has 1 rings (SSSR count). The van der Waals surface area contributed by atoms with Gasteiger partial charge in [0, 0.05) is 12.1 Å². The van der Waals surface area contributed by atoms with Crippen molar-refractivity contribution >= 4 is 17.7 Å². The Labute approximate surface area is 141 Å². The number of carbonyl (C=O) groups is 1. The summed E-state index contributed by atoms with van der Waals surface area (Å²) >= 11 is 0. The second-order valence-electron chi connectivity index (χ2n) is 6.10. The maximum Gasteiger partial charge on any atom is 0.224 e. The minimum atomic E-state index is 0.104. The molecule has 1 aromatic rings. The highest BCUT2D eigenvalue weighted by molar-refractivity contribution is 5.90. The van der Waals surface area contributed by atoms with Crippen LogP contribution in [0.4, 0.5) is 5.69 Å². The normalized spacial score (nSPS) is 10.1. The van der Waals surface area contributed by atoms with Gasteiger partial charge in [-0.2, -0.15) is 0 Å². The van der Waals surface area contributed by atoms with Crippen molar-refractivity contribution in [2.45, 2.75) is 71.1 Å². The third kappa shape index (κ3) is 9.76. The number of unbranched alkanes of at least 4 members (excludes halogenated alkanes) is 8. The number of rotatable bonds is 12. The van der Waals surface area contributed by atoms with E-state index in [-0.39, 0.29) is 5.91 Å². The lowest BCUT2D eigenvalue weighted by molar-refractivity contribution is -0.116. The van der Waals surface area contributed by atoms with Crippen LogP contribution in [0, 0.1) is 0 Å². The highest BCUT2D eigenvalue weighted by atomic mass is 16.1. The fraction of sp³-hybridized carbons (Fsp3) is 0.524. The van der Waals surface area contributed by atoms with Crippen LogP contribution in [0.2, 0.25) is 0 Å². The van der Waals surface area contributed by atoms with Gasteiger partial charge in [0.25, 0.3) is 0 Å². The summed E-state index contributed by atoms with van der Waals surface area (Å²) in [5.74, 6) is 0.104. The van der Waals surface area contributed by atoms with Gasteiger partial charge in [-0.15, -0.1) is 5.73 Å². The monoisotopic (exact) mass is 313 g/mol. The maximum absolute atomic E-state index is 11.9. The van der Waals surface area contributed by atoms with Crippen molar-refractivity contribution in [3.05, 3.63) is 42.1 Å². The minimum absolute atomic E-state index is 0.104. The number of anilines is 1. The highest BCUT2D eigenvalue weighted by Crippen LogP contribution is 2.14. The van der Waals surface area contributed by atoms with Gasteiger partial charge < -0.3 is 5.32 Å². The van der Waals surface area contributed by atoms with Crippen LogP contribution in [-0.2, 0) is 4.79 Å². The molecule has 0 fully saturated rings. The molecule has 1 amide bonds. The van der Waals surface area contributed by atoms with Gasteiger partial charge in [-0.1, -0.05) is 77.0 Å². The van der Waals surface area contributed by atoms with E-state index in [2.05, 4.69) is 24.6 Å². The summed E-state index contributed by atoms with van der Waals surface area (Å²) in [6, 6.07) is 7.74. The quantitative estimate of drug-likeness (QED) is 0.354. The molecule has 1 N–H and O–H groups in total. The molecule has 0 spiro atoms. The number of hydrogen-bond donors (Lipinski definition) is 1. The predicted octanol–water partition coefficient (Wildman–Crippen LogP) is 6.34. The van der Waals surface area contributed by atoms with Crippen LogP contribution in [0.5, 0.6) is 0 Å². The van der Waals surface area contributed by atoms with E-state index in [1.54, 1.807) is 6.08 Å². The van der Waals surface area contributed by atoms with Gasteiger partial charge in [-0.25, -0.2) is 0 Å². The lowest BCUT2D eigenvalue weighted by atomic mass is 10.1. The summed E-state index contributed by atoms with van der Waals surface area (Å²) < 4.78 is 0. The zero-order valence-electron chi connectivity index (χ0n) is 14.6. The van der Waals surface area contributed by atoms with E-state index in [1.807, 2.05) is 24.3 Å². The van der Waals surface area contributed by atoms with Crippen LogP contribution in [0.15, 0.2) is 36.6 Å². The largest absolute Gasteiger partial charge is 0.326 e. The van der Waals surface area contributed by atoms with E-state index in [1.165, 1.54) is 44.9 Å². The van der Waals surface area contributed by atoms with Gasteiger partial charge in [0.1, 0.15) is 0 Å². The van der Waals surface area contributed by atoms with Gasteiger partial charge in [-0.05, 0) is 30.2 Å². The molecule has 2 heteroatoms. The van der Waals surface area contributed by atoms with Crippen molar-refractivity contribution < 1.29 is 4.79 Å². The summed E-state index contributed by atoms with van der Waals surface area (Å²) in [7, 11) is 0. The highest BCUT2D eigenvalue weighted by Gasteiger charge is 2.02. The molecule has 0 unspecified atom stereocenters. The summed E-state index contributed by atoms with van der Waals surface area (Å²) in [6.45, 7) is 5.81. The molecule has 0 radical (unpaired) electrons. The number of nitrogens with one attached hydrogen (secondary N) is 1. The van der Waals surface area contributed by atoms with E-state index < -0.39 is 0 Å². The predicted molar refractivity (Wildman–Crippen MR) is 101 cm³/mol. The molecule has 0 atom stereocenters. The third-order valence-electron chi connectivity index (χ3n) is 3.95. The van der Waals surface area contributed by atoms with Crippen molar-refractivity contribution in [3.8, 4) is 0 Å². The summed E-state index contributed by atoms with van der Waals surface area (Å²) in [4.78, 5) is 11.9. The van der Waals surface area contributed by atoms with E-state index in [4.69, 9.17) is 0 Å². The number of amides is 1. The zero-order valence-corrected chi connectivity index (χ0v) is 14.6. The number of carbonyl (C=O) groups excluding carboxylic acids is 1. The molecule has 0 saturated heterocycles. The molecule has 0 aliphatic rings. The average molecular weight is 313 g/mol. The van der Waals surface area contributed by atoms with Gasteiger partial charge in [0.15, 0.2) is 0 Å². The molecule has 0 saturated carbocycles. The fourth-order valence-corrected chi connectivity index (χ4v) is 2.64. The van der Waals surface area contributed by atoms with E-state index in [9.17, 15) is 4.79 Å². The van der Waals surface area contributed by atoms with Gasteiger partial charge in [0.05, 0.1) is 0 Å². The molecular weight excluding hydrogens is 282 g/mol. The minimum Gasteiger partial charge on any atom is -0.326 e. The van der Waals surface area contributed by atoms with Gasteiger partial charge in [0.2, 0.25) is 5.91 Å². The molecule has 126 valence electrons. The molecule has 0 aromatic heterocycles. The van der Waals surface area contributed by atoms with Crippen LogP contribution < -0.4 is 5.32 Å². The molecule has 0 aliphatic carbocycles. The lowest BCUT2D eigenvalue weighted by Gasteiger charge is -2.06. The number of hydrogen-bond acceptors (Lipinski definition) is 1. The summed E-state index contributed by atoms with van der Waals surface area (Å²) in [5.41, 5.74) is 4.59. The topological polar surface area (TPSA) is 29.1 Å².